The molecule has 0 aromatic carbocycles. The van der Waals surface area contributed by atoms with Crippen LogP contribution in [0.4, 0.5) is 0 Å². The van der Waals surface area contributed by atoms with Gasteiger partial charge in [-0.05, 0) is 52.8 Å². The smallest absolute Gasteiger partial charge is 0.193 e. The van der Waals surface area contributed by atoms with Crippen LogP contribution in [0.1, 0.15) is 18.9 Å². The van der Waals surface area contributed by atoms with E-state index in [0.717, 1.165) is 34.6 Å². The van der Waals surface area contributed by atoms with Gasteiger partial charge in [0.2, 0.25) is 0 Å². The summed E-state index contributed by atoms with van der Waals surface area (Å²) in [5.74, 6) is 0. The highest BCUT2D eigenvalue weighted by atomic mass is 79.9. The third-order valence-corrected chi connectivity index (χ3v) is 3.65. The molecule has 2 rings (SSSR count). The van der Waals surface area contributed by atoms with E-state index < -0.39 is 0 Å². The number of hydrogen-bond acceptors (Lipinski definition) is 5. The normalized spacial score (nSPS) is 10.6. The van der Waals surface area contributed by atoms with Gasteiger partial charge in [0, 0.05) is 35.2 Å². The van der Waals surface area contributed by atoms with Gasteiger partial charge in [0.05, 0.1) is 0 Å². The van der Waals surface area contributed by atoms with Crippen LogP contribution in [-0.2, 0) is 6.54 Å². The van der Waals surface area contributed by atoms with E-state index in [1.807, 2.05) is 24.5 Å². The Morgan fingerprint density at radius 1 is 1.16 bits per heavy atom. The molecule has 100 valence electrons. The van der Waals surface area contributed by atoms with Crippen molar-refractivity contribution in [3.63, 3.8) is 0 Å². The van der Waals surface area contributed by atoms with Crippen LogP contribution in [0.2, 0.25) is 0 Å². The highest BCUT2D eigenvalue weighted by Gasteiger charge is 2.02. The molecule has 0 unspecified atom stereocenters. The number of pyridine rings is 1. The van der Waals surface area contributed by atoms with Crippen molar-refractivity contribution in [3.8, 4) is 0 Å². The van der Waals surface area contributed by atoms with E-state index in [1.54, 1.807) is 6.20 Å². The monoisotopic (exact) mass is 338 g/mol. The highest BCUT2D eigenvalue weighted by Crippen LogP contribution is 2.23. The average Bonchev–Trinajstić information content (AvgIpc) is 2.44. The first-order chi connectivity index (χ1) is 9.28. The third-order valence-electron chi connectivity index (χ3n) is 2.33. The highest BCUT2D eigenvalue weighted by molar-refractivity contribution is 9.10. The number of halogens is 1. The molecular weight excluding hydrogens is 324 g/mol. The standard InChI is InChI=1S/C13H15BrN4S/c1-2-5-15-6-10-7-17-13(18-8-10)19-12-4-3-11(14)9-16-12/h3-4,7-9,15H,2,5-6H2,1H3. The van der Waals surface area contributed by atoms with Gasteiger partial charge < -0.3 is 5.32 Å². The second-order valence-electron chi connectivity index (χ2n) is 3.97. The van der Waals surface area contributed by atoms with Crippen molar-refractivity contribution >= 4 is 27.7 Å². The first kappa shape index (κ1) is 14.4. The molecule has 2 aromatic heterocycles. The molecule has 0 aliphatic rings. The van der Waals surface area contributed by atoms with Crippen molar-refractivity contribution in [2.24, 2.45) is 0 Å². The van der Waals surface area contributed by atoms with Crippen molar-refractivity contribution in [2.45, 2.75) is 30.1 Å². The number of nitrogens with one attached hydrogen (secondary N) is 1. The molecule has 4 nitrogen and oxygen atoms in total. The van der Waals surface area contributed by atoms with E-state index in [2.05, 4.69) is 43.1 Å². The lowest BCUT2D eigenvalue weighted by atomic mass is 10.3. The minimum Gasteiger partial charge on any atom is -0.313 e. The molecule has 1 N–H and O–H groups in total. The summed E-state index contributed by atoms with van der Waals surface area (Å²) < 4.78 is 0.968. The van der Waals surface area contributed by atoms with Crippen LogP contribution in [0.25, 0.3) is 0 Å². The van der Waals surface area contributed by atoms with Crippen LogP contribution < -0.4 is 5.32 Å². The molecule has 0 bridgehead atoms. The SMILES string of the molecule is CCCNCc1cnc(Sc2ccc(Br)cn2)nc1. The van der Waals surface area contributed by atoms with Crippen molar-refractivity contribution in [1.82, 2.24) is 20.3 Å². The van der Waals surface area contributed by atoms with Crippen molar-refractivity contribution in [3.05, 3.63) is 40.8 Å². The minimum absolute atomic E-state index is 0.717. The van der Waals surface area contributed by atoms with Crippen molar-refractivity contribution in [2.75, 3.05) is 6.54 Å². The van der Waals surface area contributed by atoms with Gasteiger partial charge in [0.1, 0.15) is 5.03 Å². The second kappa shape index (κ2) is 7.57. The summed E-state index contributed by atoms with van der Waals surface area (Å²) in [6.45, 7) is 3.98. The van der Waals surface area contributed by atoms with E-state index >= 15 is 0 Å². The molecule has 2 heterocycles. The summed E-state index contributed by atoms with van der Waals surface area (Å²) in [4.78, 5) is 13.0. The number of nitrogens with zero attached hydrogens (tertiary/aromatic N) is 3. The Hall–Kier alpha value is -0.980. The molecule has 0 aliphatic carbocycles. The topological polar surface area (TPSA) is 50.7 Å². The van der Waals surface area contributed by atoms with Crippen LogP contribution in [0.5, 0.6) is 0 Å². The van der Waals surface area contributed by atoms with E-state index in [9.17, 15) is 0 Å². The number of aromatic nitrogens is 3. The van der Waals surface area contributed by atoms with Crippen LogP contribution in [-0.4, -0.2) is 21.5 Å². The zero-order valence-electron chi connectivity index (χ0n) is 10.6. The fraction of sp³-hybridized carbons (Fsp3) is 0.308. The van der Waals surface area contributed by atoms with Crippen LogP contribution in [0.15, 0.2) is 45.4 Å². The Balaban J connectivity index is 1.92. The van der Waals surface area contributed by atoms with Gasteiger partial charge in [0.15, 0.2) is 5.16 Å². The Labute approximate surface area is 125 Å². The fourth-order valence-electron chi connectivity index (χ4n) is 1.41. The van der Waals surface area contributed by atoms with Gasteiger partial charge in [-0.25, -0.2) is 15.0 Å². The second-order valence-corrected chi connectivity index (χ2v) is 5.87. The molecule has 19 heavy (non-hydrogen) atoms. The van der Waals surface area contributed by atoms with Crippen molar-refractivity contribution < 1.29 is 0 Å². The molecule has 0 fully saturated rings. The summed E-state index contributed by atoms with van der Waals surface area (Å²) in [5.41, 5.74) is 1.10. The molecule has 6 heteroatoms. The van der Waals surface area contributed by atoms with Crippen LogP contribution in [0.3, 0.4) is 0 Å². The zero-order chi connectivity index (χ0) is 13.5. The lowest BCUT2D eigenvalue weighted by molar-refractivity contribution is 0.669. The van der Waals surface area contributed by atoms with E-state index in [4.69, 9.17) is 0 Å². The Morgan fingerprint density at radius 3 is 2.58 bits per heavy atom. The van der Waals surface area contributed by atoms with Gasteiger partial charge in [-0.3, -0.25) is 0 Å². The quantitative estimate of drug-likeness (QED) is 0.647. The molecule has 0 saturated heterocycles. The van der Waals surface area contributed by atoms with E-state index in [0.29, 0.717) is 5.16 Å². The lowest BCUT2D eigenvalue weighted by Gasteiger charge is -2.03. The fourth-order valence-corrected chi connectivity index (χ4v) is 2.29. The van der Waals surface area contributed by atoms with Gasteiger partial charge in [-0.15, -0.1) is 0 Å². The Bertz CT molecular complexity index is 501. The lowest BCUT2D eigenvalue weighted by Crippen LogP contribution is -2.14. The summed E-state index contributed by atoms with van der Waals surface area (Å²) in [6, 6.07) is 3.90. The summed E-state index contributed by atoms with van der Waals surface area (Å²) >= 11 is 4.82. The molecular formula is C13H15BrN4S. The summed E-state index contributed by atoms with van der Waals surface area (Å²) in [6.07, 6.45) is 6.61. The molecule has 0 aliphatic heterocycles. The molecule has 0 saturated carbocycles. The first-order valence-corrected chi connectivity index (χ1v) is 7.70. The predicted octanol–water partition coefficient (Wildman–Crippen LogP) is 3.28. The zero-order valence-corrected chi connectivity index (χ0v) is 13.0. The van der Waals surface area contributed by atoms with Crippen LogP contribution in [0, 0.1) is 0 Å². The molecule has 0 radical (unpaired) electrons. The van der Waals surface area contributed by atoms with Gasteiger partial charge in [-0.2, -0.15) is 0 Å². The maximum Gasteiger partial charge on any atom is 0.193 e. The number of rotatable bonds is 6. The summed E-state index contributed by atoms with van der Waals surface area (Å²) in [7, 11) is 0. The number of hydrogen-bond donors (Lipinski definition) is 1. The molecule has 0 amide bonds. The van der Waals surface area contributed by atoms with Gasteiger partial charge in [0.25, 0.3) is 0 Å². The largest absolute Gasteiger partial charge is 0.313 e. The van der Waals surface area contributed by atoms with E-state index in [1.165, 1.54) is 11.8 Å². The maximum atomic E-state index is 4.34. The van der Waals surface area contributed by atoms with Crippen LogP contribution >= 0.6 is 27.7 Å². The first-order valence-electron chi connectivity index (χ1n) is 6.09. The van der Waals surface area contributed by atoms with Gasteiger partial charge >= 0.3 is 0 Å². The Kier molecular flexibility index (Phi) is 5.75. The Morgan fingerprint density at radius 2 is 1.95 bits per heavy atom. The maximum absolute atomic E-state index is 4.34. The van der Waals surface area contributed by atoms with E-state index in [-0.39, 0.29) is 0 Å². The molecule has 2 aromatic rings. The molecule has 0 spiro atoms. The molecule has 0 atom stereocenters. The van der Waals surface area contributed by atoms with Gasteiger partial charge in [-0.1, -0.05) is 6.92 Å². The predicted molar refractivity (Wildman–Crippen MR) is 80.1 cm³/mol. The summed E-state index contributed by atoms with van der Waals surface area (Å²) in [5, 5.41) is 4.93. The average molecular weight is 339 g/mol. The minimum atomic E-state index is 0.717. The third kappa shape index (κ3) is 4.89. The van der Waals surface area contributed by atoms with Crippen molar-refractivity contribution in [1.29, 1.82) is 0 Å².